The predicted octanol–water partition coefficient (Wildman–Crippen LogP) is 2.08. The van der Waals surface area contributed by atoms with Gasteiger partial charge in [-0.15, -0.1) is 0 Å². The predicted molar refractivity (Wildman–Crippen MR) is 111 cm³/mol. The van der Waals surface area contributed by atoms with Crippen molar-refractivity contribution >= 4 is 29.6 Å². The molecular weight excluding hydrogens is 404 g/mol. The molecule has 2 fully saturated rings. The van der Waals surface area contributed by atoms with Gasteiger partial charge in [-0.1, -0.05) is 36.7 Å². The van der Waals surface area contributed by atoms with Gasteiger partial charge in [-0.05, 0) is 37.0 Å². The summed E-state index contributed by atoms with van der Waals surface area (Å²) in [7, 11) is 0. The maximum absolute atomic E-state index is 12.6. The molecule has 2 heterocycles. The fourth-order valence-corrected chi connectivity index (χ4v) is 4.64. The monoisotopic (exact) mass is 428 g/mol. The van der Waals surface area contributed by atoms with Crippen LogP contribution in [0, 0.1) is 0 Å². The third-order valence-electron chi connectivity index (χ3n) is 5.53. The van der Waals surface area contributed by atoms with Gasteiger partial charge in [-0.3, -0.25) is 19.6 Å². The summed E-state index contributed by atoms with van der Waals surface area (Å²) in [6.07, 6.45) is 5.36. The van der Waals surface area contributed by atoms with E-state index >= 15 is 0 Å². The van der Waals surface area contributed by atoms with Crippen LogP contribution in [0.15, 0.2) is 35.7 Å². The first-order chi connectivity index (χ1) is 14.6. The minimum Gasteiger partial charge on any atom is -0.352 e. The number of nitrogens with zero attached hydrogens (tertiary/aromatic N) is 3. The van der Waals surface area contributed by atoms with Gasteiger partial charge in [-0.25, -0.2) is 9.78 Å². The second kappa shape index (κ2) is 8.86. The average molecular weight is 429 g/mol. The van der Waals surface area contributed by atoms with E-state index in [2.05, 4.69) is 25.8 Å². The number of imide groups is 1. The summed E-state index contributed by atoms with van der Waals surface area (Å²) in [6.45, 7) is 0.705. The first-order valence-electron chi connectivity index (χ1n) is 10.1. The highest BCUT2D eigenvalue weighted by Crippen LogP contribution is 2.34. The molecule has 1 aliphatic carbocycles. The highest BCUT2D eigenvalue weighted by atomic mass is 32.2. The van der Waals surface area contributed by atoms with E-state index in [1.165, 1.54) is 23.0 Å². The van der Waals surface area contributed by atoms with Crippen molar-refractivity contribution in [3.05, 3.63) is 41.7 Å². The van der Waals surface area contributed by atoms with Crippen LogP contribution in [0.2, 0.25) is 0 Å². The number of carbonyl (C=O) groups is 3. The van der Waals surface area contributed by atoms with Crippen LogP contribution >= 0.6 is 11.8 Å². The summed E-state index contributed by atoms with van der Waals surface area (Å²) >= 11 is 1.54. The molecule has 1 aromatic heterocycles. The maximum Gasteiger partial charge on any atom is 0.325 e. The van der Waals surface area contributed by atoms with E-state index in [1.807, 2.05) is 12.1 Å². The lowest BCUT2D eigenvalue weighted by Crippen LogP contribution is -2.44. The molecule has 0 bridgehead atoms. The fraction of sp³-hybridized carbons (Fsp3) is 0.450. The highest BCUT2D eigenvalue weighted by Gasteiger charge is 2.51. The van der Waals surface area contributed by atoms with Crippen molar-refractivity contribution in [3.63, 3.8) is 0 Å². The van der Waals surface area contributed by atoms with Crippen LogP contribution in [0.5, 0.6) is 0 Å². The third-order valence-corrected chi connectivity index (χ3v) is 6.48. The molecule has 1 spiro atoms. The Labute approximate surface area is 178 Å². The lowest BCUT2D eigenvalue weighted by atomic mass is 9.98. The van der Waals surface area contributed by atoms with Crippen molar-refractivity contribution < 1.29 is 14.4 Å². The van der Waals surface area contributed by atoms with Crippen LogP contribution in [-0.4, -0.2) is 56.6 Å². The average Bonchev–Trinajstić information content (AvgIpc) is 3.48. The molecule has 0 unspecified atom stereocenters. The van der Waals surface area contributed by atoms with Crippen molar-refractivity contribution in [2.75, 3.05) is 13.1 Å². The molecule has 1 aromatic carbocycles. The van der Waals surface area contributed by atoms with Crippen molar-refractivity contribution in [1.82, 2.24) is 30.7 Å². The van der Waals surface area contributed by atoms with Crippen LogP contribution in [0.25, 0.3) is 0 Å². The van der Waals surface area contributed by atoms with Gasteiger partial charge in [0.25, 0.3) is 11.8 Å². The smallest absolute Gasteiger partial charge is 0.325 e. The molecule has 2 aromatic rings. The van der Waals surface area contributed by atoms with E-state index in [1.54, 1.807) is 12.1 Å². The van der Waals surface area contributed by atoms with Gasteiger partial charge in [0.1, 0.15) is 11.9 Å². The number of aromatic nitrogens is 3. The first-order valence-corrected chi connectivity index (χ1v) is 11.1. The standard InChI is InChI=1S/C20H24N6O3S/c27-16(15-6-4-14(5-7-15)12-30-18-22-13-23-25-18)21-10-3-11-26-17(28)20(24-19(26)29)8-1-2-9-20/h4-7,13H,1-3,8-12H2,(H,21,27)(H,24,29)(H,22,23,25). The van der Waals surface area contributed by atoms with Crippen molar-refractivity contribution in [1.29, 1.82) is 0 Å². The summed E-state index contributed by atoms with van der Waals surface area (Å²) in [5.41, 5.74) is 0.976. The van der Waals surface area contributed by atoms with Crippen molar-refractivity contribution in [3.8, 4) is 0 Å². The zero-order chi connectivity index (χ0) is 21.0. The minimum atomic E-state index is -0.673. The number of hydrogen-bond acceptors (Lipinski definition) is 6. The van der Waals surface area contributed by atoms with Gasteiger partial charge < -0.3 is 10.6 Å². The molecule has 3 N–H and O–H groups in total. The molecule has 30 heavy (non-hydrogen) atoms. The molecule has 1 saturated carbocycles. The second-order valence-electron chi connectivity index (χ2n) is 7.56. The number of H-pyrrole nitrogens is 1. The number of rotatable bonds is 8. The number of urea groups is 1. The number of nitrogens with one attached hydrogen (secondary N) is 3. The number of aromatic amines is 1. The van der Waals surface area contributed by atoms with E-state index < -0.39 is 5.54 Å². The van der Waals surface area contributed by atoms with Crippen LogP contribution < -0.4 is 10.6 Å². The summed E-state index contributed by atoms with van der Waals surface area (Å²) in [5, 5.41) is 13.1. The SMILES string of the molecule is O=C(NCCCN1C(=O)NC2(CCCC2)C1=O)c1ccc(CSc2ncn[nH]2)cc1. The minimum absolute atomic E-state index is 0.116. The van der Waals surface area contributed by atoms with Gasteiger partial charge in [0.05, 0.1) is 0 Å². The Bertz CT molecular complexity index is 909. The summed E-state index contributed by atoms with van der Waals surface area (Å²) in [4.78, 5) is 42.4. The summed E-state index contributed by atoms with van der Waals surface area (Å²) in [6, 6.07) is 7.07. The largest absolute Gasteiger partial charge is 0.352 e. The number of amides is 4. The van der Waals surface area contributed by atoms with E-state index in [4.69, 9.17) is 0 Å². The normalized spacial score (nSPS) is 17.5. The number of hydrogen-bond donors (Lipinski definition) is 3. The molecule has 158 valence electrons. The van der Waals surface area contributed by atoms with Crippen LogP contribution in [-0.2, 0) is 10.5 Å². The Morgan fingerprint density at radius 1 is 1.20 bits per heavy atom. The molecule has 0 atom stereocenters. The van der Waals surface area contributed by atoms with Crippen molar-refractivity contribution in [2.24, 2.45) is 0 Å². The Balaban J connectivity index is 1.20. The molecular formula is C20H24N6O3S. The van der Waals surface area contributed by atoms with Gasteiger partial charge in [0.15, 0.2) is 5.16 Å². The molecule has 1 aliphatic heterocycles. The van der Waals surface area contributed by atoms with Crippen LogP contribution in [0.4, 0.5) is 4.79 Å². The lowest BCUT2D eigenvalue weighted by Gasteiger charge is -2.20. The fourth-order valence-electron chi connectivity index (χ4n) is 3.91. The topological polar surface area (TPSA) is 120 Å². The number of benzene rings is 1. The van der Waals surface area contributed by atoms with E-state index in [9.17, 15) is 14.4 Å². The van der Waals surface area contributed by atoms with Crippen LogP contribution in [0.1, 0.15) is 48.0 Å². The second-order valence-corrected chi connectivity index (χ2v) is 8.53. The molecule has 10 heteroatoms. The molecule has 9 nitrogen and oxygen atoms in total. The van der Waals surface area contributed by atoms with Gasteiger partial charge in [0.2, 0.25) is 0 Å². The third kappa shape index (κ3) is 4.33. The zero-order valence-electron chi connectivity index (χ0n) is 16.5. The van der Waals surface area contributed by atoms with E-state index in [0.717, 1.165) is 42.2 Å². The molecule has 1 saturated heterocycles. The van der Waals surface area contributed by atoms with Gasteiger partial charge in [0, 0.05) is 24.4 Å². The Morgan fingerprint density at radius 3 is 2.67 bits per heavy atom. The zero-order valence-corrected chi connectivity index (χ0v) is 17.3. The van der Waals surface area contributed by atoms with Crippen molar-refractivity contribution in [2.45, 2.75) is 48.6 Å². The molecule has 2 aliphatic rings. The number of carbonyl (C=O) groups excluding carboxylic acids is 3. The summed E-state index contributed by atoms with van der Waals surface area (Å²) < 4.78 is 0. The Morgan fingerprint density at radius 2 is 1.97 bits per heavy atom. The Hall–Kier alpha value is -2.88. The van der Waals surface area contributed by atoms with E-state index in [-0.39, 0.29) is 17.8 Å². The molecule has 0 radical (unpaired) electrons. The molecule has 4 amide bonds. The number of thioether (sulfide) groups is 1. The highest BCUT2D eigenvalue weighted by molar-refractivity contribution is 7.98. The quantitative estimate of drug-likeness (QED) is 0.336. The maximum atomic E-state index is 12.6. The van der Waals surface area contributed by atoms with Gasteiger partial charge >= 0.3 is 6.03 Å². The van der Waals surface area contributed by atoms with Crippen LogP contribution in [0.3, 0.4) is 0 Å². The Kier molecular flexibility index (Phi) is 6.03. The molecule has 4 rings (SSSR count). The first kappa shape index (κ1) is 20.4. The van der Waals surface area contributed by atoms with Gasteiger partial charge in [-0.2, -0.15) is 5.10 Å². The summed E-state index contributed by atoms with van der Waals surface area (Å²) in [5.74, 6) is 0.439. The van der Waals surface area contributed by atoms with E-state index in [0.29, 0.717) is 25.1 Å². The lowest BCUT2D eigenvalue weighted by molar-refractivity contribution is -0.131.